The molecule has 0 bridgehead atoms. The quantitative estimate of drug-likeness (QED) is 0.878. The molecule has 120 valence electrons. The number of nitrogens with one attached hydrogen (secondary N) is 1. The molecule has 6 heteroatoms. The average molecular weight is 379 g/mol. The Balaban J connectivity index is 2.10. The van der Waals surface area contributed by atoms with E-state index in [1.807, 2.05) is 0 Å². The van der Waals surface area contributed by atoms with Crippen LogP contribution >= 0.6 is 15.9 Å². The second kappa shape index (κ2) is 7.37. The molecule has 23 heavy (non-hydrogen) atoms. The number of carbonyl (C=O) groups is 2. The second-order valence-corrected chi connectivity index (χ2v) is 6.07. The van der Waals surface area contributed by atoms with E-state index in [2.05, 4.69) is 21.2 Å². The van der Waals surface area contributed by atoms with E-state index in [1.165, 1.54) is 17.9 Å². The molecular weight excluding hydrogens is 363 g/mol. The van der Waals surface area contributed by atoms with Crippen molar-refractivity contribution in [3.05, 3.63) is 63.9 Å². The third-order valence-electron chi connectivity index (χ3n) is 3.21. The van der Waals surface area contributed by atoms with Gasteiger partial charge in [-0.15, -0.1) is 0 Å². The molecule has 0 radical (unpaired) electrons. The summed E-state index contributed by atoms with van der Waals surface area (Å²) in [6.07, 6.45) is 0. The average Bonchev–Trinajstić information content (AvgIpc) is 2.50. The lowest BCUT2D eigenvalue weighted by Gasteiger charge is -2.18. The SMILES string of the molecule is CC(=O)Nc1ccc(C(=O)N(C)Cc2cc(Br)ccc2F)cc1. The summed E-state index contributed by atoms with van der Waals surface area (Å²) in [5.74, 6) is -0.751. The molecule has 0 atom stereocenters. The summed E-state index contributed by atoms with van der Waals surface area (Å²) in [6, 6.07) is 11.2. The normalized spacial score (nSPS) is 10.3. The number of nitrogens with zero attached hydrogens (tertiary/aromatic N) is 1. The molecule has 2 aromatic carbocycles. The Morgan fingerprint density at radius 2 is 1.83 bits per heavy atom. The van der Waals surface area contributed by atoms with Crippen LogP contribution in [0.25, 0.3) is 0 Å². The number of hydrogen-bond acceptors (Lipinski definition) is 2. The Hall–Kier alpha value is -2.21. The summed E-state index contributed by atoms with van der Waals surface area (Å²) in [5, 5.41) is 2.64. The number of halogens is 2. The summed E-state index contributed by atoms with van der Waals surface area (Å²) in [7, 11) is 1.62. The summed E-state index contributed by atoms with van der Waals surface area (Å²) in [5.41, 5.74) is 1.52. The monoisotopic (exact) mass is 378 g/mol. The maximum Gasteiger partial charge on any atom is 0.253 e. The van der Waals surface area contributed by atoms with Crippen molar-refractivity contribution in [3.8, 4) is 0 Å². The van der Waals surface area contributed by atoms with Crippen molar-refractivity contribution < 1.29 is 14.0 Å². The molecule has 0 spiro atoms. The molecule has 0 aliphatic rings. The molecule has 2 rings (SSSR count). The Kier molecular flexibility index (Phi) is 5.50. The molecule has 0 aromatic heterocycles. The van der Waals surface area contributed by atoms with E-state index in [0.717, 1.165) is 4.47 Å². The van der Waals surface area contributed by atoms with Gasteiger partial charge in [-0.1, -0.05) is 15.9 Å². The van der Waals surface area contributed by atoms with Gasteiger partial charge in [-0.3, -0.25) is 9.59 Å². The second-order valence-electron chi connectivity index (χ2n) is 5.16. The van der Waals surface area contributed by atoms with Crippen molar-refractivity contribution in [2.24, 2.45) is 0 Å². The van der Waals surface area contributed by atoms with E-state index in [0.29, 0.717) is 16.8 Å². The Morgan fingerprint density at radius 3 is 2.43 bits per heavy atom. The first-order valence-electron chi connectivity index (χ1n) is 6.94. The number of hydrogen-bond donors (Lipinski definition) is 1. The smallest absolute Gasteiger partial charge is 0.253 e. The lowest BCUT2D eigenvalue weighted by Crippen LogP contribution is -2.26. The zero-order valence-corrected chi connectivity index (χ0v) is 14.4. The van der Waals surface area contributed by atoms with Crippen LogP contribution in [-0.2, 0) is 11.3 Å². The molecular formula is C17H16BrFN2O2. The van der Waals surface area contributed by atoms with Gasteiger partial charge in [0.1, 0.15) is 5.82 Å². The summed E-state index contributed by atoms with van der Waals surface area (Å²) in [4.78, 5) is 24.8. The third kappa shape index (κ3) is 4.63. The first-order chi connectivity index (χ1) is 10.9. The first-order valence-corrected chi connectivity index (χ1v) is 7.73. The van der Waals surface area contributed by atoms with Gasteiger partial charge in [0, 0.05) is 41.8 Å². The molecule has 0 unspecified atom stereocenters. The van der Waals surface area contributed by atoms with E-state index in [1.54, 1.807) is 43.4 Å². The van der Waals surface area contributed by atoms with Gasteiger partial charge in [-0.05, 0) is 42.5 Å². The summed E-state index contributed by atoms with van der Waals surface area (Å²) in [6.45, 7) is 1.58. The van der Waals surface area contributed by atoms with Crippen molar-refractivity contribution >= 4 is 33.4 Å². The molecule has 4 nitrogen and oxygen atoms in total. The molecule has 1 N–H and O–H groups in total. The highest BCUT2D eigenvalue weighted by molar-refractivity contribution is 9.10. The van der Waals surface area contributed by atoms with Crippen LogP contribution in [-0.4, -0.2) is 23.8 Å². The zero-order chi connectivity index (χ0) is 17.0. The molecule has 0 aliphatic carbocycles. The number of carbonyl (C=O) groups excluding carboxylic acids is 2. The lowest BCUT2D eigenvalue weighted by molar-refractivity contribution is -0.114. The minimum absolute atomic E-state index is 0.164. The third-order valence-corrected chi connectivity index (χ3v) is 3.71. The van der Waals surface area contributed by atoms with Crippen LogP contribution in [0.1, 0.15) is 22.8 Å². The molecule has 0 saturated carbocycles. The van der Waals surface area contributed by atoms with Crippen molar-refractivity contribution in [1.82, 2.24) is 4.90 Å². The predicted molar refractivity (Wildman–Crippen MR) is 90.6 cm³/mol. The highest BCUT2D eigenvalue weighted by Crippen LogP contribution is 2.18. The van der Waals surface area contributed by atoms with Crippen LogP contribution in [0.4, 0.5) is 10.1 Å². The first kappa shape index (κ1) is 17.1. The Bertz CT molecular complexity index is 732. The predicted octanol–water partition coefficient (Wildman–Crippen LogP) is 3.82. The van der Waals surface area contributed by atoms with Crippen molar-refractivity contribution in [1.29, 1.82) is 0 Å². The van der Waals surface area contributed by atoms with Gasteiger partial charge in [0.05, 0.1) is 0 Å². The number of anilines is 1. The largest absolute Gasteiger partial charge is 0.337 e. The van der Waals surface area contributed by atoms with Crippen LogP contribution in [0.3, 0.4) is 0 Å². The minimum Gasteiger partial charge on any atom is -0.337 e. The number of rotatable bonds is 4. The Labute approximate surface area is 142 Å². The van der Waals surface area contributed by atoms with Gasteiger partial charge >= 0.3 is 0 Å². The highest BCUT2D eigenvalue weighted by atomic mass is 79.9. The van der Waals surface area contributed by atoms with Gasteiger partial charge in [0.2, 0.25) is 5.91 Å². The lowest BCUT2D eigenvalue weighted by atomic mass is 10.1. The van der Waals surface area contributed by atoms with Crippen LogP contribution in [0, 0.1) is 5.82 Å². The van der Waals surface area contributed by atoms with Crippen LogP contribution in [0.2, 0.25) is 0 Å². The number of benzene rings is 2. The zero-order valence-electron chi connectivity index (χ0n) is 12.8. The molecule has 0 fully saturated rings. The number of amides is 2. The van der Waals surface area contributed by atoms with Gasteiger partial charge in [-0.2, -0.15) is 0 Å². The van der Waals surface area contributed by atoms with E-state index in [-0.39, 0.29) is 24.2 Å². The van der Waals surface area contributed by atoms with E-state index < -0.39 is 0 Å². The van der Waals surface area contributed by atoms with Gasteiger partial charge in [0.15, 0.2) is 0 Å². The summed E-state index contributed by atoms with van der Waals surface area (Å²) < 4.78 is 14.5. The maximum absolute atomic E-state index is 13.8. The summed E-state index contributed by atoms with van der Waals surface area (Å²) >= 11 is 3.29. The van der Waals surface area contributed by atoms with Crippen molar-refractivity contribution in [2.75, 3.05) is 12.4 Å². The van der Waals surface area contributed by atoms with Crippen molar-refractivity contribution in [3.63, 3.8) is 0 Å². The fourth-order valence-electron chi connectivity index (χ4n) is 2.11. The fourth-order valence-corrected chi connectivity index (χ4v) is 2.52. The standard InChI is InChI=1S/C17H16BrFN2O2/c1-11(22)20-15-6-3-12(4-7-15)17(23)21(2)10-13-9-14(18)5-8-16(13)19/h3-9H,10H2,1-2H3,(H,20,22). The van der Waals surface area contributed by atoms with Crippen LogP contribution in [0.5, 0.6) is 0 Å². The Morgan fingerprint density at radius 1 is 1.17 bits per heavy atom. The molecule has 2 amide bonds. The minimum atomic E-state index is -0.353. The van der Waals surface area contributed by atoms with Gasteiger partial charge < -0.3 is 10.2 Å². The fraction of sp³-hybridized carbons (Fsp3) is 0.176. The van der Waals surface area contributed by atoms with E-state index in [9.17, 15) is 14.0 Å². The van der Waals surface area contributed by atoms with Gasteiger partial charge in [0.25, 0.3) is 5.91 Å². The molecule has 0 heterocycles. The van der Waals surface area contributed by atoms with Gasteiger partial charge in [-0.25, -0.2) is 4.39 Å². The van der Waals surface area contributed by atoms with E-state index in [4.69, 9.17) is 0 Å². The molecule has 2 aromatic rings. The highest BCUT2D eigenvalue weighted by Gasteiger charge is 2.14. The molecule has 0 saturated heterocycles. The molecule has 0 aliphatic heterocycles. The van der Waals surface area contributed by atoms with Crippen LogP contribution in [0.15, 0.2) is 46.9 Å². The maximum atomic E-state index is 13.8. The van der Waals surface area contributed by atoms with E-state index >= 15 is 0 Å². The topological polar surface area (TPSA) is 49.4 Å². The van der Waals surface area contributed by atoms with Crippen molar-refractivity contribution in [2.45, 2.75) is 13.5 Å². The van der Waals surface area contributed by atoms with Crippen LogP contribution < -0.4 is 5.32 Å².